The van der Waals surface area contributed by atoms with Crippen molar-refractivity contribution in [1.82, 2.24) is 9.80 Å². The summed E-state index contributed by atoms with van der Waals surface area (Å²) < 4.78 is 4.95. The second-order valence-electron chi connectivity index (χ2n) is 5.49. The van der Waals surface area contributed by atoms with Crippen molar-refractivity contribution in [3.05, 3.63) is 0 Å². The molecule has 1 heterocycles. The molecule has 0 radical (unpaired) electrons. The lowest BCUT2D eigenvalue weighted by Gasteiger charge is -2.29. The molecule has 108 valence electrons. The van der Waals surface area contributed by atoms with Gasteiger partial charge in [0.15, 0.2) is 0 Å². The average Bonchev–Trinajstić information content (AvgIpc) is 2.93. The molecule has 1 saturated carbocycles. The average molecular weight is 270 g/mol. The van der Waals surface area contributed by atoms with Crippen LogP contribution < -0.4 is 0 Å². The van der Waals surface area contributed by atoms with Crippen molar-refractivity contribution in [2.45, 2.75) is 25.3 Å². The van der Waals surface area contributed by atoms with Gasteiger partial charge in [0, 0.05) is 27.2 Å². The second-order valence-corrected chi connectivity index (χ2v) is 5.49. The van der Waals surface area contributed by atoms with Gasteiger partial charge >= 0.3 is 12.0 Å². The topological polar surface area (TPSA) is 70.1 Å². The van der Waals surface area contributed by atoms with E-state index in [0.29, 0.717) is 25.6 Å². The maximum Gasteiger partial charge on any atom is 0.326 e. The first-order valence-corrected chi connectivity index (χ1v) is 6.79. The van der Waals surface area contributed by atoms with Gasteiger partial charge in [-0.1, -0.05) is 6.42 Å². The van der Waals surface area contributed by atoms with Gasteiger partial charge in [-0.05, 0) is 24.7 Å². The lowest BCUT2D eigenvalue weighted by atomic mass is 9.94. The molecule has 0 aromatic carbocycles. The van der Waals surface area contributed by atoms with Gasteiger partial charge in [0.25, 0.3) is 0 Å². The summed E-state index contributed by atoms with van der Waals surface area (Å²) in [4.78, 5) is 26.9. The Bertz CT molecular complexity index is 361. The largest absolute Gasteiger partial charge is 0.480 e. The molecule has 1 N–H and O–H groups in total. The smallest absolute Gasteiger partial charge is 0.326 e. The molecule has 2 rings (SSSR count). The molecule has 2 aliphatic rings. The molecule has 19 heavy (non-hydrogen) atoms. The highest BCUT2D eigenvalue weighted by atomic mass is 16.5. The van der Waals surface area contributed by atoms with Gasteiger partial charge in [-0.25, -0.2) is 9.59 Å². The van der Waals surface area contributed by atoms with Crippen LogP contribution in [-0.4, -0.2) is 66.8 Å². The van der Waals surface area contributed by atoms with Crippen LogP contribution in [0.2, 0.25) is 0 Å². The zero-order valence-electron chi connectivity index (χ0n) is 11.5. The number of methoxy groups -OCH3 is 1. The Kier molecular flexibility index (Phi) is 4.29. The number of ether oxygens (including phenoxy) is 1. The van der Waals surface area contributed by atoms with E-state index in [2.05, 4.69) is 0 Å². The van der Waals surface area contributed by atoms with E-state index in [0.717, 1.165) is 19.3 Å². The van der Waals surface area contributed by atoms with Crippen molar-refractivity contribution < 1.29 is 19.4 Å². The normalized spacial score (nSPS) is 29.4. The highest BCUT2D eigenvalue weighted by molar-refractivity contribution is 5.83. The highest BCUT2D eigenvalue weighted by Crippen LogP contribution is 2.42. The Morgan fingerprint density at radius 3 is 2.79 bits per heavy atom. The van der Waals surface area contributed by atoms with Crippen LogP contribution in [0.1, 0.15) is 19.3 Å². The number of fused-ring (bicyclic) bond motifs is 1. The number of likely N-dealkylation sites (tertiary alicyclic amines) is 1. The summed E-state index contributed by atoms with van der Waals surface area (Å²) in [5.74, 6) is -0.374. The van der Waals surface area contributed by atoms with Crippen molar-refractivity contribution in [3.63, 3.8) is 0 Å². The summed E-state index contributed by atoms with van der Waals surface area (Å²) in [7, 11) is 3.27. The number of amides is 2. The molecule has 1 aliphatic carbocycles. The van der Waals surface area contributed by atoms with E-state index in [1.54, 1.807) is 19.1 Å². The SMILES string of the molecule is COCCN(C)C(=O)N1CC2CCCC2C1C(=O)O. The van der Waals surface area contributed by atoms with Gasteiger partial charge < -0.3 is 19.6 Å². The molecule has 1 saturated heterocycles. The highest BCUT2D eigenvalue weighted by Gasteiger charge is 2.50. The minimum atomic E-state index is -0.872. The quantitative estimate of drug-likeness (QED) is 0.823. The first-order chi connectivity index (χ1) is 9.06. The van der Waals surface area contributed by atoms with E-state index in [9.17, 15) is 14.7 Å². The minimum absolute atomic E-state index is 0.136. The predicted molar refractivity (Wildman–Crippen MR) is 68.9 cm³/mol. The van der Waals surface area contributed by atoms with E-state index in [4.69, 9.17) is 4.74 Å². The van der Waals surface area contributed by atoms with Gasteiger partial charge in [0.1, 0.15) is 6.04 Å². The molecule has 3 atom stereocenters. The third-order valence-electron chi connectivity index (χ3n) is 4.35. The van der Waals surface area contributed by atoms with Crippen molar-refractivity contribution in [1.29, 1.82) is 0 Å². The molecule has 0 spiro atoms. The lowest BCUT2D eigenvalue weighted by molar-refractivity contribution is -0.142. The molecule has 1 aliphatic heterocycles. The first-order valence-electron chi connectivity index (χ1n) is 6.79. The van der Waals surface area contributed by atoms with Crippen molar-refractivity contribution >= 4 is 12.0 Å². The zero-order chi connectivity index (χ0) is 14.0. The van der Waals surface area contributed by atoms with Gasteiger partial charge in [-0.15, -0.1) is 0 Å². The van der Waals surface area contributed by atoms with Crippen LogP contribution in [0.4, 0.5) is 4.79 Å². The summed E-state index contributed by atoms with van der Waals surface area (Å²) >= 11 is 0. The third kappa shape index (κ3) is 2.68. The Morgan fingerprint density at radius 2 is 2.16 bits per heavy atom. The van der Waals surface area contributed by atoms with Gasteiger partial charge in [0.05, 0.1) is 6.61 Å². The molecule has 2 fully saturated rings. The van der Waals surface area contributed by atoms with Crippen molar-refractivity contribution in [3.8, 4) is 0 Å². The molecule has 6 heteroatoms. The summed E-state index contributed by atoms with van der Waals surface area (Å²) in [6, 6.07) is -0.844. The van der Waals surface area contributed by atoms with Crippen LogP contribution >= 0.6 is 0 Å². The van der Waals surface area contributed by atoms with E-state index in [-0.39, 0.29) is 11.9 Å². The van der Waals surface area contributed by atoms with Gasteiger partial charge in [0.2, 0.25) is 0 Å². The first kappa shape index (κ1) is 14.1. The fraction of sp³-hybridized carbons (Fsp3) is 0.846. The number of carbonyl (C=O) groups is 2. The molecular weight excluding hydrogens is 248 g/mol. The molecule has 2 amide bonds. The maximum absolute atomic E-state index is 12.3. The molecular formula is C13H22N2O4. The summed E-state index contributed by atoms with van der Waals surface area (Å²) in [5, 5.41) is 9.40. The maximum atomic E-state index is 12.3. The third-order valence-corrected chi connectivity index (χ3v) is 4.35. The fourth-order valence-corrected chi connectivity index (χ4v) is 3.36. The van der Waals surface area contributed by atoms with Crippen LogP contribution in [0.25, 0.3) is 0 Å². The second kappa shape index (κ2) is 5.77. The predicted octanol–water partition coefficient (Wildman–Crippen LogP) is 0.870. The molecule has 0 aromatic heterocycles. The Morgan fingerprint density at radius 1 is 1.42 bits per heavy atom. The van der Waals surface area contributed by atoms with Crippen LogP contribution in [0.5, 0.6) is 0 Å². The lowest BCUT2D eigenvalue weighted by Crippen LogP contribution is -2.49. The number of nitrogens with zero attached hydrogens (tertiary/aromatic N) is 2. The minimum Gasteiger partial charge on any atom is -0.480 e. The van der Waals surface area contributed by atoms with E-state index < -0.39 is 12.0 Å². The number of aliphatic carboxylic acids is 1. The monoisotopic (exact) mass is 270 g/mol. The Hall–Kier alpha value is -1.30. The van der Waals surface area contributed by atoms with Gasteiger partial charge in [-0.3, -0.25) is 0 Å². The Labute approximate surface area is 113 Å². The number of rotatable bonds is 4. The number of urea groups is 1. The fourth-order valence-electron chi connectivity index (χ4n) is 3.36. The molecule has 3 unspecified atom stereocenters. The Balaban J connectivity index is 2.06. The molecule has 6 nitrogen and oxygen atoms in total. The summed E-state index contributed by atoms with van der Waals surface area (Å²) in [6.45, 7) is 1.52. The standard InChI is InChI=1S/C13H22N2O4/c1-14(6-7-19-2)13(18)15-8-9-4-3-5-10(9)11(15)12(16)17/h9-11H,3-8H2,1-2H3,(H,16,17). The van der Waals surface area contributed by atoms with Crippen LogP contribution in [0.3, 0.4) is 0 Å². The van der Waals surface area contributed by atoms with E-state index in [1.807, 2.05) is 0 Å². The molecule has 0 bridgehead atoms. The number of likely N-dealkylation sites (N-methyl/N-ethyl adjacent to an activating group) is 1. The van der Waals surface area contributed by atoms with Crippen LogP contribution in [-0.2, 0) is 9.53 Å². The summed E-state index contributed by atoms with van der Waals surface area (Å²) in [5.41, 5.74) is 0. The number of carbonyl (C=O) groups excluding carboxylic acids is 1. The van der Waals surface area contributed by atoms with Crippen LogP contribution in [0.15, 0.2) is 0 Å². The van der Waals surface area contributed by atoms with Crippen molar-refractivity contribution in [2.75, 3.05) is 33.9 Å². The summed E-state index contributed by atoms with van der Waals surface area (Å²) in [6.07, 6.45) is 3.05. The van der Waals surface area contributed by atoms with E-state index in [1.165, 1.54) is 4.90 Å². The number of carboxylic acids is 1. The van der Waals surface area contributed by atoms with Crippen LogP contribution in [0, 0.1) is 11.8 Å². The van der Waals surface area contributed by atoms with Gasteiger partial charge in [-0.2, -0.15) is 0 Å². The number of carboxylic acid groups (broad SMARTS) is 1. The van der Waals surface area contributed by atoms with E-state index >= 15 is 0 Å². The number of hydrogen-bond acceptors (Lipinski definition) is 3. The van der Waals surface area contributed by atoms with Crippen molar-refractivity contribution in [2.24, 2.45) is 11.8 Å². The number of hydrogen-bond donors (Lipinski definition) is 1. The molecule has 0 aromatic rings. The zero-order valence-corrected chi connectivity index (χ0v) is 11.5.